The lowest BCUT2D eigenvalue weighted by atomic mass is 10.1. The summed E-state index contributed by atoms with van der Waals surface area (Å²) in [7, 11) is 1.86. The van der Waals surface area contributed by atoms with E-state index in [-0.39, 0.29) is 0 Å². The van der Waals surface area contributed by atoms with Gasteiger partial charge in [0.1, 0.15) is 0 Å². The summed E-state index contributed by atoms with van der Waals surface area (Å²) in [6, 6.07) is 7.86. The van der Waals surface area contributed by atoms with E-state index in [2.05, 4.69) is 27.3 Å². The molecule has 12 heavy (non-hydrogen) atoms. The second-order valence-corrected chi connectivity index (χ2v) is 3.36. The van der Waals surface area contributed by atoms with E-state index in [1.54, 1.807) is 0 Å². The zero-order chi connectivity index (χ0) is 8.97. The number of benzene rings is 1. The highest BCUT2D eigenvalue weighted by molar-refractivity contribution is 9.10. The monoisotopic (exact) mass is 224 g/mol. The number of nitriles is 1. The SMILES string of the molecule is CNCc1ccc(Br)cc1C#N. The van der Waals surface area contributed by atoms with Crippen LogP contribution in [0.3, 0.4) is 0 Å². The van der Waals surface area contributed by atoms with Crippen LogP contribution in [-0.4, -0.2) is 7.05 Å². The molecular formula is C9H9BrN2. The average molecular weight is 225 g/mol. The molecule has 0 saturated carbocycles. The standard InChI is InChI=1S/C9H9BrN2/c1-12-6-7-2-3-9(10)4-8(7)5-11/h2-4,12H,6H2,1H3. The Morgan fingerprint density at radius 1 is 1.58 bits per heavy atom. The number of hydrogen-bond acceptors (Lipinski definition) is 2. The maximum absolute atomic E-state index is 8.77. The Balaban J connectivity index is 3.05. The van der Waals surface area contributed by atoms with Crippen molar-refractivity contribution >= 4 is 15.9 Å². The smallest absolute Gasteiger partial charge is 0.0995 e. The highest BCUT2D eigenvalue weighted by atomic mass is 79.9. The largest absolute Gasteiger partial charge is 0.316 e. The topological polar surface area (TPSA) is 35.8 Å². The van der Waals surface area contributed by atoms with E-state index in [0.29, 0.717) is 0 Å². The molecule has 0 fully saturated rings. The molecule has 0 bridgehead atoms. The Hall–Kier alpha value is -0.850. The van der Waals surface area contributed by atoms with Gasteiger partial charge in [0.2, 0.25) is 0 Å². The molecule has 0 unspecified atom stereocenters. The van der Waals surface area contributed by atoms with Gasteiger partial charge in [-0.15, -0.1) is 0 Å². The van der Waals surface area contributed by atoms with Crippen LogP contribution in [0.5, 0.6) is 0 Å². The molecule has 0 amide bonds. The Kier molecular flexibility index (Phi) is 3.27. The molecule has 0 saturated heterocycles. The molecule has 1 aromatic rings. The van der Waals surface area contributed by atoms with Gasteiger partial charge in [-0.3, -0.25) is 0 Å². The molecular weight excluding hydrogens is 216 g/mol. The molecule has 0 aliphatic heterocycles. The van der Waals surface area contributed by atoms with Crippen molar-refractivity contribution in [3.8, 4) is 6.07 Å². The van der Waals surface area contributed by atoms with Gasteiger partial charge in [-0.1, -0.05) is 22.0 Å². The summed E-state index contributed by atoms with van der Waals surface area (Å²) >= 11 is 3.32. The van der Waals surface area contributed by atoms with Crippen molar-refractivity contribution in [3.05, 3.63) is 33.8 Å². The van der Waals surface area contributed by atoms with Gasteiger partial charge in [0.25, 0.3) is 0 Å². The van der Waals surface area contributed by atoms with Crippen molar-refractivity contribution in [2.45, 2.75) is 6.54 Å². The van der Waals surface area contributed by atoms with Crippen molar-refractivity contribution in [2.24, 2.45) is 0 Å². The molecule has 0 aliphatic rings. The van der Waals surface area contributed by atoms with Crippen molar-refractivity contribution < 1.29 is 0 Å². The minimum atomic E-state index is 0.721. The molecule has 62 valence electrons. The molecule has 3 heteroatoms. The van der Waals surface area contributed by atoms with E-state index >= 15 is 0 Å². The number of nitrogens with zero attached hydrogens (tertiary/aromatic N) is 1. The van der Waals surface area contributed by atoms with Crippen LogP contribution >= 0.6 is 15.9 Å². The predicted octanol–water partition coefficient (Wildman–Crippen LogP) is 2.04. The van der Waals surface area contributed by atoms with Crippen LogP contribution in [0.15, 0.2) is 22.7 Å². The molecule has 0 spiro atoms. The van der Waals surface area contributed by atoms with Crippen LogP contribution in [0.2, 0.25) is 0 Å². The van der Waals surface area contributed by atoms with Crippen molar-refractivity contribution in [1.29, 1.82) is 5.26 Å². The maximum Gasteiger partial charge on any atom is 0.0995 e. The van der Waals surface area contributed by atoms with Gasteiger partial charge < -0.3 is 5.32 Å². The van der Waals surface area contributed by atoms with E-state index in [1.165, 1.54) is 0 Å². The summed E-state index contributed by atoms with van der Waals surface area (Å²) in [5.74, 6) is 0. The highest BCUT2D eigenvalue weighted by Gasteiger charge is 2.00. The fourth-order valence-electron chi connectivity index (χ4n) is 0.997. The van der Waals surface area contributed by atoms with Crippen LogP contribution < -0.4 is 5.32 Å². The van der Waals surface area contributed by atoms with Crippen LogP contribution in [0, 0.1) is 11.3 Å². The predicted molar refractivity (Wildman–Crippen MR) is 51.6 cm³/mol. The van der Waals surface area contributed by atoms with Gasteiger partial charge in [0.15, 0.2) is 0 Å². The summed E-state index contributed by atoms with van der Waals surface area (Å²) in [4.78, 5) is 0. The first kappa shape index (κ1) is 9.24. The second-order valence-electron chi connectivity index (χ2n) is 2.44. The Bertz CT molecular complexity index is 315. The number of hydrogen-bond donors (Lipinski definition) is 1. The highest BCUT2D eigenvalue weighted by Crippen LogP contribution is 2.15. The van der Waals surface area contributed by atoms with Crippen molar-refractivity contribution in [2.75, 3.05) is 7.05 Å². The minimum absolute atomic E-state index is 0.721. The molecule has 0 atom stereocenters. The number of rotatable bonds is 2. The zero-order valence-corrected chi connectivity index (χ0v) is 8.35. The third-order valence-corrected chi connectivity index (χ3v) is 2.05. The number of nitrogens with one attached hydrogen (secondary N) is 1. The third-order valence-electron chi connectivity index (χ3n) is 1.56. The second kappa shape index (κ2) is 4.24. The van der Waals surface area contributed by atoms with Crippen LogP contribution in [0.25, 0.3) is 0 Å². The Morgan fingerprint density at radius 3 is 2.92 bits per heavy atom. The summed E-state index contributed by atoms with van der Waals surface area (Å²) < 4.78 is 0.943. The Morgan fingerprint density at radius 2 is 2.33 bits per heavy atom. The van der Waals surface area contributed by atoms with E-state index < -0.39 is 0 Å². The normalized spacial score (nSPS) is 9.42. The summed E-state index contributed by atoms with van der Waals surface area (Å²) in [5, 5.41) is 11.8. The first-order chi connectivity index (χ1) is 5.77. The molecule has 1 rings (SSSR count). The first-order valence-corrected chi connectivity index (χ1v) is 4.40. The lowest BCUT2D eigenvalue weighted by Crippen LogP contribution is -2.06. The van der Waals surface area contributed by atoms with Crippen LogP contribution in [0.4, 0.5) is 0 Å². The maximum atomic E-state index is 8.77. The molecule has 1 N–H and O–H groups in total. The molecule has 1 aromatic carbocycles. The number of halogens is 1. The third kappa shape index (κ3) is 2.07. The van der Waals surface area contributed by atoms with Crippen LogP contribution in [0.1, 0.15) is 11.1 Å². The Labute approximate surface area is 80.3 Å². The fraction of sp³-hybridized carbons (Fsp3) is 0.222. The quantitative estimate of drug-likeness (QED) is 0.835. The minimum Gasteiger partial charge on any atom is -0.316 e. The van der Waals surface area contributed by atoms with Gasteiger partial charge in [0.05, 0.1) is 11.6 Å². The van der Waals surface area contributed by atoms with Gasteiger partial charge in [-0.05, 0) is 24.7 Å². The van der Waals surface area contributed by atoms with Gasteiger partial charge in [-0.2, -0.15) is 5.26 Å². The van der Waals surface area contributed by atoms with Crippen molar-refractivity contribution in [1.82, 2.24) is 5.32 Å². The van der Waals surface area contributed by atoms with E-state index in [1.807, 2.05) is 25.2 Å². The van der Waals surface area contributed by atoms with Crippen LogP contribution in [-0.2, 0) is 6.54 Å². The molecule has 0 aliphatic carbocycles. The lowest BCUT2D eigenvalue weighted by Gasteiger charge is -2.02. The molecule has 0 radical (unpaired) electrons. The van der Waals surface area contributed by atoms with E-state index in [0.717, 1.165) is 22.1 Å². The average Bonchev–Trinajstić information content (AvgIpc) is 2.08. The van der Waals surface area contributed by atoms with Gasteiger partial charge >= 0.3 is 0 Å². The summed E-state index contributed by atoms with van der Waals surface area (Å²) in [6.07, 6.45) is 0. The molecule has 0 aromatic heterocycles. The summed E-state index contributed by atoms with van der Waals surface area (Å²) in [5.41, 5.74) is 1.75. The van der Waals surface area contributed by atoms with E-state index in [4.69, 9.17) is 5.26 Å². The van der Waals surface area contributed by atoms with Gasteiger partial charge in [-0.25, -0.2) is 0 Å². The van der Waals surface area contributed by atoms with E-state index in [9.17, 15) is 0 Å². The lowest BCUT2D eigenvalue weighted by molar-refractivity contribution is 0.815. The fourth-order valence-corrected chi connectivity index (χ4v) is 1.36. The first-order valence-electron chi connectivity index (χ1n) is 3.61. The zero-order valence-electron chi connectivity index (χ0n) is 6.76. The molecule has 2 nitrogen and oxygen atoms in total. The van der Waals surface area contributed by atoms with Gasteiger partial charge in [0, 0.05) is 11.0 Å². The molecule has 0 heterocycles. The van der Waals surface area contributed by atoms with Crippen molar-refractivity contribution in [3.63, 3.8) is 0 Å². The summed E-state index contributed by atoms with van der Waals surface area (Å²) in [6.45, 7) is 0.732.